The monoisotopic (exact) mass is 336 g/mol. The number of rotatable bonds is 4. The highest BCUT2D eigenvalue weighted by atomic mass is 35.5. The van der Waals surface area contributed by atoms with Crippen molar-refractivity contribution >= 4 is 34.2 Å². The summed E-state index contributed by atoms with van der Waals surface area (Å²) in [5, 5.41) is 0. The Hall–Kier alpha value is -0.270. The molecule has 0 saturated carbocycles. The summed E-state index contributed by atoms with van der Waals surface area (Å²) in [6.07, 6.45) is 2.76. The molecule has 1 aliphatic rings. The van der Waals surface area contributed by atoms with E-state index in [0.717, 1.165) is 11.3 Å². The van der Waals surface area contributed by atoms with Crippen LogP contribution in [-0.2, 0) is 10.0 Å². The second kappa shape index (κ2) is 6.66. The van der Waals surface area contributed by atoms with Gasteiger partial charge in [-0.2, -0.15) is 4.31 Å². The SMILES string of the molecule is CSc1cccc(S(=O)(=O)N2CCC(C)(CN)C2)c1.Cl. The number of nitrogens with zero attached hydrogens (tertiary/aromatic N) is 1. The van der Waals surface area contributed by atoms with E-state index in [9.17, 15) is 8.42 Å². The van der Waals surface area contributed by atoms with Crippen LogP contribution in [0.5, 0.6) is 0 Å². The number of halogens is 1. The molecule has 1 aliphatic heterocycles. The first-order valence-corrected chi connectivity index (χ1v) is 8.92. The summed E-state index contributed by atoms with van der Waals surface area (Å²) in [6, 6.07) is 7.10. The van der Waals surface area contributed by atoms with Gasteiger partial charge < -0.3 is 5.73 Å². The predicted octanol–water partition coefficient (Wildman–Crippen LogP) is 2.19. The highest BCUT2D eigenvalue weighted by Gasteiger charge is 2.38. The van der Waals surface area contributed by atoms with Crippen LogP contribution in [0.2, 0.25) is 0 Å². The molecule has 1 aromatic carbocycles. The summed E-state index contributed by atoms with van der Waals surface area (Å²) >= 11 is 1.54. The van der Waals surface area contributed by atoms with E-state index in [-0.39, 0.29) is 17.8 Å². The number of nitrogens with two attached hydrogens (primary N) is 1. The van der Waals surface area contributed by atoms with Gasteiger partial charge in [0.15, 0.2) is 0 Å². The van der Waals surface area contributed by atoms with Crippen LogP contribution in [-0.4, -0.2) is 38.6 Å². The quantitative estimate of drug-likeness (QED) is 0.856. The topological polar surface area (TPSA) is 63.4 Å². The fourth-order valence-corrected chi connectivity index (χ4v) is 4.43. The van der Waals surface area contributed by atoms with Gasteiger partial charge in [0.2, 0.25) is 10.0 Å². The summed E-state index contributed by atoms with van der Waals surface area (Å²) in [5.41, 5.74) is 5.64. The fraction of sp³-hybridized carbons (Fsp3) is 0.538. The number of hydrogen-bond donors (Lipinski definition) is 1. The minimum Gasteiger partial charge on any atom is -0.330 e. The van der Waals surface area contributed by atoms with Crippen molar-refractivity contribution in [2.45, 2.75) is 23.1 Å². The second-order valence-electron chi connectivity index (χ2n) is 5.28. The third kappa shape index (κ3) is 3.49. The third-order valence-electron chi connectivity index (χ3n) is 3.69. The molecular formula is C13H21ClN2O2S2. The molecule has 0 bridgehead atoms. The van der Waals surface area contributed by atoms with E-state index in [4.69, 9.17) is 5.73 Å². The summed E-state index contributed by atoms with van der Waals surface area (Å²) in [4.78, 5) is 1.34. The molecule has 0 radical (unpaired) electrons. The second-order valence-corrected chi connectivity index (χ2v) is 8.10. The Kier molecular flexibility index (Phi) is 5.92. The minimum absolute atomic E-state index is 0. The van der Waals surface area contributed by atoms with Gasteiger partial charge in [0.05, 0.1) is 4.90 Å². The average Bonchev–Trinajstić information content (AvgIpc) is 2.83. The molecule has 7 heteroatoms. The standard InChI is InChI=1S/C13H20N2O2S2.ClH/c1-13(9-14)6-7-15(10-13)19(16,17)12-5-3-4-11(8-12)18-2;/h3-5,8H,6-7,9-10,14H2,1-2H3;1H. The zero-order valence-corrected chi connectivity index (χ0v) is 14.2. The molecule has 2 rings (SSSR count). The average molecular weight is 337 g/mol. The lowest BCUT2D eigenvalue weighted by Gasteiger charge is -2.22. The van der Waals surface area contributed by atoms with E-state index < -0.39 is 10.0 Å². The van der Waals surface area contributed by atoms with Gasteiger partial charge >= 0.3 is 0 Å². The van der Waals surface area contributed by atoms with Crippen LogP contribution in [0.4, 0.5) is 0 Å². The maximum absolute atomic E-state index is 12.6. The minimum atomic E-state index is -3.39. The Morgan fingerprint density at radius 1 is 1.45 bits per heavy atom. The Morgan fingerprint density at radius 3 is 2.70 bits per heavy atom. The lowest BCUT2D eigenvalue weighted by molar-refractivity contribution is 0.349. The van der Waals surface area contributed by atoms with Gasteiger partial charge in [0, 0.05) is 18.0 Å². The Balaban J connectivity index is 0.00000200. The van der Waals surface area contributed by atoms with Gasteiger partial charge in [0.1, 0.15) is 0 Å². The van der Waals surface area contributed by atoms with Crippen LogP contribution in [0.25, 0.3) is 0 Å². The van der Waals surface area contributed by atoms with Crippen LogP contribution in [0.15, 0.2) is 34.1 Å². The van der Waals surface area contributed by atoms with Crippen LogP contribution < -0.4 is 5.73 Å². The van der Waals surface area contributed by atoms with E-state index in [1.165, 1.54) is 0 Å². The number of thioether (sulfide) groups is 1. The molecule has 114 valence electrons. The van der Waals surface area contributed by atoms with Crippen molar-refractivity contribution in [2.75, 3.05) is 25.9 Å². The summed E-state index contributed by atoms with van der Waals surface area (Å²) in [7, 11) is -3.39. The Morgan fingerprint density at radius 2 is 2.15 bits per heavy atom. The zero-order valence-electron chi connectivity index (χ0n) is 11.7. The summed E-state index contributed by atoms with van der Waals surface area (Å²) in [5.74, 6) is 0. The van der Waals surface area contributed by atoms with Gasteiger partial charge in [-0.1, -0.05) is 13.0 Å². The molecule has 0 aromatic heterocycles. The highest BCUT2D eigenvalue weighted by molar-refractivity contribution is 7.98. The van der Waals surface area contributed by atoms with Gasteiger partial charge in [-0.05, 0) is 42.8 Å². The first-order valence-electron chi connectivity index (χ1n) is 6.26. The molecule has 1 heterocycles. The van der Waals surface area contributed by atoms with Crippen molar-refractivity contribution in [3.05, 3.63) is 24.3 Å². The largest absolute Gasteiger partial charge is 0.330 e. The maximum Gasteiger partial charge on any atom is 0.243 e. The Labute approximate surface area is 131 Å². The molecule has 0 spiro atoms. The van der Waals surface area contributed by atoms with Crippen molar-refractivity contribution in [3.63, 3.8) is 0 Å². The van der Waals surface area contributed by atoms with E-state index in [2.05, 4.69) is 0 Å². The van der Waals surface area contributed by atoms with E-state index in [1.54, 1.807) is 34.3 Å². The van der Waals surface area contributed by atoms with Crippen LogP contribution >= 0.6 is 24.2 Å². The van der Waals surface area contributed by atoms with Gasteiger partial charge in [0.25, 0.3) is 0 Å². The van der Waals surface area contributed by atoms with Crippen LogP contribution in [0.3, 0.4) is 0 Å². The molecule has 1 saturated heterocycles. The highest BCUT2D eigenvalue weighted by Crippen LogP contribution is 2.33. The van der Waals surface area contributed by atoms with Crippen molar-refractivity contribution in [1.29, 1.82) is 0 Å². The molecule has 20 heavy (non-hydrogen) atoms. The zero-order chi connectivity index (χ0) is 14.1. The number of benzene rings is 1. The van der Waals surface area contributed by atoms with E-state index in [0.29, 0.717) is 24.5 Å². The number of sulfonamides is 1. The molecule has 1 atom stereocenters. The smallest absolute Gasteiger partial charge is 0.243 e. The normalized spacial score (nSPS) is 23.6. The lowest BCUT2D eigenvalue weighted by Crippen LogP contribution is -2.34. The lowest BCUT2D eigenvalue weighted by atomic mass is 9.90. The van der Waals surface area contributed by atoms with Crippen molar-refractivity contribution < 1.29 is 8.42 Å². The predicted molar refractivity (Wildman–Crippen MR) is 86.0 cm³/mol. The maximum atomic E-state index is 12.6. The number of hydrogen-bond acceptors (Lipinski definition) is 4. The van der Waals surface area contributed by atoms with Gasteiger partial charge in [-0.25, -0.2) is 8.42 Å². The van der Waals surface area contributed by atoms with Gasteiger partial charge in [-0.3, -0.25) is 0 Å². The van der Waals surface area contributed by atoms with E-state index in [1.807, 2.05) is 19.2 Å². The third-order valence-corrected chi connectivity index (χ3v) is 6.26. The molecule has 0 aliphatic carbocycles. The van der Waals surface area contributed by atoms with Gasteiger partial charge in [-0.15, -0.1) is 24.2 Å². The molecule has 1 fully saturated rings. The Bertz CT molecular complexity index is 565. The molecule has 2 N–H and O–H groups in total. The molecule has 4 nitrogen and oxygen atoms in total. The molecule has 1 aromatic rings. The van der Waals surface area contributed by atoms with Crippen LogP contribution in [0, 0.1) is 5.41 Å². The van der Waals surface area contributed by atoms with E-state index >= 15 is 0 Å². The molecule has 1 unspecified atom stereocenters. The molecular weight excluding hydrogens is 316 g/mol. The first-order chi connectivity index (χ1) is 8.91. The first kappa shape index (κ1) is 17.8. The molecule has 0 amide bonds. The summed E-state index contributed by atoms with van der Waals surface area (Å²) in [6.45, 7) is 3.62. The van der Waals surface area contributed by atoms with Crippen molar-refractivity contribution in [2.24, 2.45) is 11.1 Å². The van der Waals surface area contributed by atoms with Crippen molar-refractivity contribution in [3.8, 4) is 0 Å². The van der Waals surface area contributed by atoms with Crippen molar-refractivity contribution in [1.82, 2.24) is 4.31 Å². The fourth-order valence-electron chi connectivity index (χ4n) is 2.26. The summed E-state index contributed by atoms with van der Waals surface area (Å²) < 4.78 is 26.7. The van der Waals surface area contributed by atoms with Crippen LogP contribution in [0.1, 0.15) is 13.3 Å².